The Morgan fingerprint density at radius 1 is 1.25 bits per heavy atom. The molecular weight excluding hydrogens is 294 g/mol. The Morgan fingerprint density at radius 3 is 2.80 bits per heavy atom. The number of halogens is 1. The summed E-state index contributed by atoms with van der Waals surface area (Å²) in [6, 6.07) is 7.65. The number of nitrogens with zero attached hydrogens (tertiary/aromatic N) is 3. The van der Waals surface area contributed by atoms with Gasteiger partial charge in [-0.15, -0.1) is 0 Å². The molecule has 0 unspecified atom stereocenters. The van der Waals surface area contributed by atoms with E-state index < -0.39 is 0 Å². The third-order valence-corrected chi connectivity index (χ3v) is 3.86. The molecule has 0 spiro atoms. The fourth-order valence-corrected chi connectivity index (χ4v) is 2.74. The average molecular weight is 306 g/mol. The predicted molar refractivity (Wildman–Crippen MR) is 81.4 cm³/mol. The fourth-order valence-electron chi connectivity index (χ4n) is 1.73. The summed E-state index contributed by atoms with van der Waals surface area (Å²) < 4.78 is 0. The minimum atomic E-state index is 0.587. The summed E-state index contributed by atoms with van der Waals surface area (Å²) in [5, 5.41) is 4.67. The summed E-state index contributed by atoms with van der Waals surface area (Å²) in [5.41, 5.74) is 1.50. The van der Waals surface area contributed by atoms with E-state index >= 15 is 0 Å². The monoisotopic (exact) mass is 305 g/mol. The summed E-state index contributed by atoms with van der Waals surface area (Å²) in [7, 11) is 0. The van der Waals surface area contributed by atoms with E-state index in [9.17, 15) is 0 Å². The van der Waals surface area contributed by atoms with Crippen LogP contribution in [-0.2, 0) is 0 Å². The molecule has 0 aliphatic carbocycles. The van der Waals surface area contributed by atoms with Crippen LogP contribution in [0.1, 0.15) is 6.92 Å². The van der Waals surface area contributed by atoms with E-state index in [1.807, 2.05) is 31.2 Å². The number of hydrogen-bond acceptors (Lipinski definition) is 5. The Kier molecular flexibility index (Phi) is 3.75. The Hall–Kier alpha value is -1.79. The molecule has 5 nitrogen and oxygen atoms in total. The number of aromatic nitrogens is 4. The molecule has 3 aromatic rings. The molecule has 0 fully saturated rings. The van der Waals surface area contributed by atoms with Crippen molar-refractivity contribution in [1.29, 1.82) is 0 Å². The van der Waals surface area contributed by atoms with E-state index in [4.69, 9.17) is 11.6 Å². The molecule has 20 heavy (non-hydrogen) atoms. The quantitative estimate of drug-likeness (QED) is 0.721. The highest BCUT2D eigenvalue weighted by Crippen LogP contribution is 2.31. The number of hydrogen-bond donors (Lipinski definition) is 2. The lowest BCUT2D eigenvalue weighted by atomic mass is 10.4. The minimum Gasteiger partial charge on any atom is -0.354 e. The van der Waals surface area contributed by atoms with Gasteiger partial charge in [0.2, 0.25) is 5.95 Å². The van der Waals surface area contributed by atoms with E-state index in [2.05, 4.69) is 25.3 Å². The van der Waals surface area contributed by atoms with E-state index in [-0.39, 0.29) is 0 Å². The number of rotatable bonds is 4. The molecule has 0 bridgehead atoms. The second-order valence-electron chi connectivity index (χ2n) is 4.04. The van der Waals surface area contributed by atoms with Crippen LogP contribution in [0, 0.1) is 0 Å². The number of imidazole rings is 1. The van der Waals surface area contributed by atoms with Crippen molar-refractivity contribution in [3.05, 3.63) is 35.6 Å². The van der Waals surface area contributed by atoms with Crippen molar-refractivity contribution in [2.24, 2.45) is 0 Å². The molecule has 0 aliphatic rings. The Bertz CT molecular complexity index is 725. The second kappa shape index (κ2) is 5.68. The molecule has 1 aromatic carbocycles. The lowest BCUT2D eigenvalue weighted by molar-refractivity contribution is 1.04. The van der Waals surface area contributed by atoms with Gasteiger partial charge in [-0.3, -0.25) is 0 Å². The summed E-state index contributed by atoms with van der Waals surface area (Å²) in [4.78, 5) is 17.2. The summed E-state index contributed by atoms with van der Waals surface area (Å²) in [5.74, 6) is 0.587. The van der Waals surface area contributed by atoms with Gasteiger partial charge in [0.1, 0.15) is 10.5 Å². The first-order valence-electron chi connectivity index (χ1n) is 6.14. The van der Waals surface area contributed by atoms with Crippen LogP contribution in [0.5, 0.6) is 0 Å². The van der Waals surface area contributed by atoms with Crippen LogP contribution >= 0.6 is 23.4 Å². The largest absolute Gasteiger partial charge is 0.354 e. The first-order chi connectivity index (χ1) is 9.76. The molecule has 0 amide bonds. The minimum absolute atomic E-state index is 0.587. The van der Waals surface area contributed by atoms with E-state index in [0.29, 0.717) is 11.6 Å². The SMILES string of the molecule is CCNc1nc(Sc2ccc(Cl)cc2)c2[nH]cnc2n1. The van der Waals surface area contributed by atoms with Gasteiger partial charge < -0.3 is 10.3 Å². The topological polar surface area (TPSA) is 66.5 Å². The van der Waals surface area contributed by atoms with Crippen LogP contribution < -0.4 is 5.32 Å². The van der Waals surface area contributed by atoms with Crippen molar-refractivity contribution >= 4 is 40.5 Å². The lowest BCUT2D eigenvalue weighted by Gasteiger charge is -2.06. The molecule has 0 saturated carbocycles. The normalized spacial score (nSPS) is 10.9. The van der Waals surface area contributed by atoms with Gasteiger partial charge in [0.05, 0.1) is 6.33 Å². The van der Waals surface area contributed by atoms with E-state index in [1.165, 1.54) is 0 Å². The number of fused-ring (bicyclic) bond motifs is 1. The fraction of sp³-hybridized carbons (Fsp3) is 0.154. The summed E-state index contributed by atoms with van der Waals surface area (Å²) >= 11 is 7.45. The molecule has 3 rings (SSSR count). The zero-order chi connectivity index (χ0) is 13.9. The molecule has 0 radical (unpaired) electrons. The third-order valence-electron chi connectivity index (χ3n) is 2.62. The zero-order valence-corrected chi connectivity index (χ0v) is 12.3. The molecule has 102 valence electrons. The highest BCUT2D eigenvalue weighted by molar-refractivity contribution is 7.99. The van der Waals surface area contributed by atoms with Crippen molar-refractivity contribution in [3.8, 4) is 0 Å². The number of nitrogens with one attached hydrogen (secondary N) is 2. The second-order valence-corrected chi connectivity index (χ2v) is 5.54. The van der Waals surface area contributed by atoms with Crippen LogP contribution in [0.4, 0.5) is 5.95 Å². The summed E-state index contributed by atoms with van der Waals surface area (Å²) in [6.07, 6.45) is 1.63. The zero-order valence-electron chi connectivity index (χ0n) is 10.7. The van der Waals surface area contributed by atoms with Crippen molar-refractivity contribution in [1.82, 2.24) is 19.9 Å². The molecule has 2 heterocycles. The average Bonchev–Trinajstić information content (AvgIpc) is 2.90. The molecule has 0 aliphatic heterocycles. The van der Waals surface area contributed by atoms with Crippen molar-refractivity contribution in [2.75, 3.05) is 11.9 Å². The smallest absolute Gasteiger partial charge is 0.225 e. The first-order valence-corrected chi connectivity index (χ1v) is 7.34. The maximum absolute atomic E-state index is 5.90. The van der Waals surface area contributed by atoms with Gasteiger partial charge in [0.15, 0.2) is 5.65 Å². The molecular formula is C13H12ClN5S. The van der Waals surface area contributed by atoms with Gasteiger partial charge >= 0.3 is 0 Å². The van der Waals surface area contributed by atoms with E-state index in [1.54, 1.807) is 18.1 Å². The van der Waals surface area contributed by atoms with Crippen LogP contribution in [0.2, 0.25) is 5.02 Å². The molecule has 2 aromatic heterocycles. The molecule has 7 heteroatoms. The Balaban J connectivity index is 2.00. The number of anilines is 1. The van der Waals surface area contributed by atoms with Gasteiger partial charge in [0, 0.05) is 16.5 Å². The number of H-pyrrole nitrogens is 1. The standard InChI is InChI=1S/C13H12ClN5S/c1-2-15-13-18-11-10(16-7-17-11)12(19-13)20-9-5-3-8(14)4-6-9/h3-7H,2H2,1H3,(H2,15,16,17,18,19). The van der Waals surface area contributed by atoms with Gasteiger partial charge in [-0.1, -0.05) is 23.4 Å². The predicted octanol–water partition coefficient (Wildman–Crippen LogP) is 3.59. The molecule has 2 N–H and O–H groups in total. The summed E-state index contributed by atoms with van der Waals surface area (Å²) in [6.45, 7) is 2.77. The van der Waals surface area contributed by atoms with E-state index in [0.717, 1.165) is 27.0 Å². The van der Waals surface area contributed by atoms with Crippen molar-refractivity contribution in [3.63, 3.8) is 0 Å². The molecule has 0 atom stereocenters. The van der Waals surface area contributed by atoms with Crippen LogP contribution in [0.15, 0.2) is 40.5 Å². The maximum Gasteiger partial charge on any atom is 0.225 e. The number of aromatic amines is 1. The van der Waals surface area contributed by atoms with Gasteiger partial charge in [0.25, 0.3) is 0 Å². The van der Waals surface area contributed by atoms with Gasteiger partial charge in [-0.2, -0.15) is 4.98 Å². The van der Waals surface area contributed by atoms with Gasteiger partial charge in [-0.25, -0.2) is 9.97 Å². The third kappa shape index (κ3) is 2.71. The van der Waals surface area contributed by atoms with Gasteiger partial charge in [-0.05, 0) is 31.2 Å². The maximum atomic E-state index is 5.90. The highest BCUT2D eigenvalue weighted by atomic mass is 35.5. The number of benzene rings is 1. The van der Waals surface area contributed by atoms with Crippen LogP contribution in [0.3, 0.4) is 0 Å². The van der Waals surface area contributed by atoms with Crippen LogP contribution in [-0.4, -0.2) is 26.5 Å². The lowest BCUT2D eigenvalue weighted by Crippen LogP contribution is -2.03. The molecule has 0 saturated heterocycles. The van der Waals surface area contributed by atoms with Crippen LogP contribution in [0.25, 0.3) is 11.2 Å². The Morgan fingerprint density at radius 2 is 2.05 bits per heavy atom. The first kappa shape index (κ1) is 13.2. The Labute approximate surface area is 125 Å². The highest BCUT2D eigenvalue weighted by Gasteiger charge is 2.11. The van der Waals surface area contributed by atoms with Crippen molar-refractivity contribution < 1.29 is 0 Å². The van der Waals surface area contributed by atoms with Crippen molar-refractivity contribution in [2.45, 2.75) is 16.8 Å².